The van der Waals surface area contributed by atoms with Gasteiger partial charge < -0.3 is 43.4 Å². The van der Waals surface area contributed by atoms with E-state index in [9.17, 15) is 9.59 Å². The Hall–Kier alpha value is -4.94. The number of carbonyl (C=O) groups is 2. The predicted octanol–water partition coefficient (Wildman–Crippen LogP) is 5.97. The van der Waals surface area contributed by atoms with Crippen molar-refractivity contribution in [2.24, 2.45) is 0 Å². The summed E-state index contributed by atoms with van der Waals surface area (Å²) in [6, 6.07) is 16.4. The molecule has 0 bridgehead atoms. The van der Waals surface area contributed by atoms with Crippen molar-refractivity contribution in [2.45, 2.75) is 56.5 Å². The van der Waals surface area contributed by atoms with Crippen LogP contribution in [0.15, 0.2) is 67.3 Å². The maximum Gasteiger partial charge on any atom is 0.243 e. The van der Waals surface area contributed by atoms with Gasteiger partial charge >= 0.3 is 0 Å². The Morgan fingerprint density at radius 2 is 1.58 bits per heavy atom. The molecule has 3 atom stereocenters. The molecule has 0 aromatic heterocycles. The number of methoxy groups -OCH3 is 5. The lowest BCUT2D eigenvalue weighted by atomic mass is 9.90. The van der Waals surface area contributed by atoms with Crippen molar-refractivity contribution in [3.05, 3.63) is 83.9 Å². The average Bonchev–Trinajstić information content (AvgIpc) is 3.23. The van der Waals surface area contributed by atoms with Crippen LogP contribution < -0.4 is 33.7 Å². The van der Waals surface area contributed by atoms with Gasteiger partial charge in [0.25, 0.3) is 0 Å². The van der Waals surface area contributed by atoms with E-state index in [2.05, 4.69) is 16.8 Å². The number of likely N-dealkylation sites (tertiary alicyclic amines) is 1. The van der Waals surface area contributed by atoms with Crippen molar-refractivity contribution in [3.63, 3.8) is 0 Å². The number of hydrogen-bond acceptors (Lipinski definition) is 10. The maximum atomic E-state index is 14.5. The van der Waals surface area contributed by atoms with E-state index in [1.807, 2.05) is 42.5 Å². The second-order valence-electron chi connectivity index (χ2n) is 13.7. The number of allylic oxidation sites excluding steroid dienone is 1. The van der Waals surface area contributed by atoms with Crippen molar-refractivity contribution in [1.29, 1.82) is 0 Å². The van der Waals surface area contributed by atoms with Gasteiger partial charge in [-0.3, -0.25) is 14.5 Å². The predicted molar refractivity (Wildman–Crippen MR) is 211 cm³/mol. The topological polar surface area (TPSA) is 117 Å². The van der Waals surface area contributed by atoms with Crippen LogP contribution in [0, 0.1) is 0 Å². The van der Waals surface area contributed by atoms with Gasteiger partial charge in [0.15, 0.2) is 23.0 Å². The van der Waals surface area contributed by atoms with Gasteiger partial charge in [-0.05, 0) is 91.6 Å². The zero-order chi connectivity index (χ0) is 39.2. The number of piperidine rings is 1. The second kappa shape index (κ2) is 20.7. The summed E-state index contributed by atoms with van der Waals surface area (Å²) in [5, 5.41) is 3.36. The molecule has 2 heterocycles. The molecule has 0 aliphatic carbocycles. The van der Waals surface area contributed by atoms with Crippen LogP contribution in [0.2, 0.25) is 0 Å². The van der Waals surface area contributed by atoms with Crippen LogP contribution in [-0.4, -0.2) is 109 Å². The third-order valence-electron chi connectivity index (χ3n) is 10.4. The van der Waals surface area contributed by atoms with Crippen molar-refractivity contribution >= 4 is 11.8 Å². The first-order valence-corrected chi connectivity index (χ1v) is 19.1. The van der Waals surface area contributed by atoms with Gasteiger partial charge in [-0.2, -0.15) is 0 Å². The van der Waals surface area contributed by atoms with Crippen LogP contribution in [0.4, 0.5) is 0 Å². The third kappa shape index (κ3) is 10.6. The van der Waals surface area contributed by atoms with E-state index in [4.69, 9.17) is 33.2 Å². The number of rotatable bonds is 19. The normalized spacial score (nSPS) is 17.0. The zero-order valence-electron chi connectivity index (χ0n) is 33.0. The fraction of sp³-hybridized carbons (Fsp3) is 0.488. The lowest BCUT2D eigenvalue weighted by molar-refractivity contribution is -0.143. The van der Waals surface area contributed by atoms with Crippen molar-refractivity contribution < 1.29 is 42.7 Å². The molecule has 2 fully saturated rings. The molecule has 12 heteroatoms. The van der Waals surface area contributed by atoms with E-state index < -0.39 is 12.0 Å². The highest BCUT2D eigenvalue weighted by molar-refractivity contribution is 5.91. The Balaban J connectivity index is 1.38. The summed E-state index contributed by atoms with van der Waals surface area (Å²) in [6.07, 6.45) is 5.55. The fourth-order valence-corrected chi connectivity index (χ4v) is 7.39. The van der Waals surface area contributed by atoms with Crippen molar-refractivity contribution in [3.8, 4) is 34.5 Å². The van der Waals surface area contributed by atoms with Crippen LogP contribution >= 0.6 is 0 Å². The fourth-order valence-electron chi connectivity index (χ4n) is 7.39. The summed E-state index contributed by atoms with van der Waals surface area (Å²) >= 11 is 0. The van der Waals surface area contributed by atoms with Crippen LogP contribution in [-0.2, 0) is 20.7 Å². The minimum Gasteiger partial charge on any atom is -0.493 e. The molecule has 0 saturated carbocycles. The molecule has 0 unspecified atom stereocenters. The monoisotopic (exact) mass is 759 g/mol. The van der Waals surface area contributed by atoms with Gasteiger partial charge in [-0.25, -0.2) is 0 Å². The molecule has 55 heavy (non-hydrogen) atoms. The van der Waals surface area contributed by atoms with Crippen molar-refractivity contribution in [2.75, 3.05) is 81.5 Å². The first kappa shape index (κ1) is 41.2. The van der Waals surface area contributed by atoms with E-state index in [0.717, 1.165) is 62.6 Å². The smallest absolute Gasteiger partial charge is 0.243 e. The number of nitrogens with one attached hydrogen (secondary N) is 1. The lowest BCUT2D eigenvalue weighted by Crippen LogP contribution is -2.53. The number of carbonyl (C=O) groups excluding carboxylic acids is 2. The van der Waals surface area contributed by atoms with Gasteiger partial charge in [0.2, 0.25) is 17.6 Å². The third-order valence-corrected chi connectivity index (χ3v) is 10.4. The molecule has 3 aromatic rings. The Labute approximate surface area is 325 Å². The average molecular weight is 760 g/mol. The summed E-state index contributed by atoms with van der Waals surface area (Å²) in [5.41, 5.74) is 2.66. The molecule has 298 valence electrons. The van der Waals surface area contributed by atoms with Gasteiger partial charge in [-0.15, -0.1) is 6.58 Å². The van der Waals surface area contributed by atoms with E-state index >= 15 is 0 Å². The SMILES string of the molecule is C=CC[C@H](C(=O)N1CCCC[C@H]1C(=O)N[C@H](CCc1ccc(OC)c(OC)c1)c1cccc(OCCN2CCOCC2)c1)c1cc(OC)c(OC)c(OC)c1. The minimum absolute atomic E-state index is 0.147. The van der Waals surface area contributed by atoms with Gasteiger partial charge in [0.1, 0.15) is 18.4 Å². The largest absolute Gasteiger partial charge is 0.493 e. The molecular weight excluding hydrogens is 702 g/mol. The molecule has 0 spiro atoms. The summed E-state index contributed by atoms with van der Waals surface area (Å²) in [5.74, 6) is 2.45. The first-order chi connectivity index (χ1) is 26.8. The number of benzene rings is 3. The Bertz CT molecular complexity index is 1700. The number of aryl methyl sites for hydroxylation is 1. The molecule has 1 N–H and O–H groups in total. The molecule has 12 nitrogen and oxygen atoms in total. The highest BCUT2D eigenvalue weighted by atomic mass is 16.5. The molecule has 3 aromatic carbocycles. The number of hydrogen-bond donors (Lipinski definition) is 1. The molecule has 2 aliphatic heterocycles. The van der Waals surface area contributed by atoms with Crippen LogP contribution in [0.25, 0.3) is 0 Å². The number of nitrogens with zero attached hydrogens (tertiary/aromatic N) is 2. The van der Waals surface area contributed by atoms with E-state index in [0.29, 0.717) is 73.1 Å². The van der Waals surface area contributed by atoms with Gasteiger partial charge in [0.05, 0.1) is 60.7 Å². The highest BCUT2D eigenvalue weighted by Gasteiger charge is 2.37. The Kier molecular flexibility index (Phi) is 15.5. The minimum atomic E-state index is -0.646. The summed E-state index contributed by atoms with van der Waals surface area (Å²) in [7, 11) is 7.87. The van der Waals surface area contributed by atoms with Gasteiger partial charge in [0, 0.05) is 26.2 Å². The Morgan fingerprint density at radius 1 is 0.855 bits per heavy atom. The van der Waals surface area contributed by atoms with E-state index in [1.165, 1.54) is 0 Å². The summed E-state index contributed by atoms with van der Waals surface area (Å²) in [4.78, 5) is 33.1. The molecule has 2 amide bonds. The zero-order valence-corrected chi connectivity index (χ0v) is 33.0. The van der Waals surface area contributed by atoms with Crippen LogP contribution in [0.5, 0.6) is 34.5 Å². The summed E-state index contributed by atoms with van der Waals surface area (Å²) < 4.78 is 39.5. The summed E-state index contributed by atoms with van der Waals surface area (Å²) in [6.45, 7) is 9.03. The number of ether oxygens (including phenoxy) is 7. The number of amides is 2. The van der Waals surface area contributed by atoms with Crippen molar-refractivity contribution in [1.82, 2.24) is 15.1 Å². The molecule has 2 aliphatic rings. The second-order valence-corrected chi connectivity index (χ2v) is 13.7. The van der Waals surface area contributed by atoms with E-state index in [-0.39, 0.29) is 17.9 Å². The van der Waals surface area contributed by atoms with Crippen LogP contribution in [0.1, 0.15) is 60.8 Å². The lowest BCUT2D eigenvalue weighted by Gasteiger charge is -2.38. The molecule has 0 radical (unpaired) electrons. The molecule has 2 saturated heterocycles. The maximum absolute atomic E-state index is 14.5. The number of morpholine rings is 1. The molecular formula is C43H57N3O9. The molecule has 5 rings (SSSR count). The van der Waals surface area contributed by atoms with E-state index in [1.54, 1.807) is 58.7 Å². The quantitative estimate of drug-likeness (QED) is 0.147. The Morgan fingerprint density at radius 3 is 2.25 bits per heavy atom. The first-order valence-electron chi connectivity index (χ1n) is 19.1. The standard InChI is InChI=1S/C43H57N3O9/c1-7-11-34(32-28-39(51-4)41(53-6)40(29-32)52-5)43(48)46-19-9-8-14-36(46)42(47)44-35(17-15-30-16-18-37(49-2)38(26-30)50-3)31-12-10-13-33(27-31)55-25-22-45-20-23-54-24-21-45/h7,10,12-13,16,18,26-29,34-36H,1,8-9,11,14-15,17,19-25H2,2-6H3,(H,44,47)/t34-,35+,36-/m0/s1. The van der Waals surface area contributed by atoms with Gasteiger partial charge in [-0.1, -0.05) is 24.3 Å². The highest BCUT2D eigenvalue weighted by Crippen LogP contribution is 2.41. The van der Waals surface area contributed by atoms with Crippen LogP contribution in [0.3, 0.4) is 0 Å².